The lowest BCUT2D eigenvalue weighted by Crippen LogP contribution is -2.49. The van der Waals surface area contributed by atoms with Gasteiger partial charge in [-0.1, -0.05) is 24.6 Å². The molecule has 0 unspecified atom stereocenters. The average molecular weight is 333 g/mol. The minimum Gasteiger partial charge on any atom is -0.323 e. The molecule has 122 valence electrons. The number of fused-ring (bicyclic) bond motifs is 1. The number of anilines is 1. The lowest BCUT2D eigenvalue weighted by atomic mass is 10.0. The van der Waals surface area contributed by atoms with Crippen molar-refractivity contribution < 1.29 is 13.2 Å². The van der Waals surface area contributed by atoms with Gasteiger partial charge in [0.2, 0.25) is 15.9 Å². The number of pyridine rings is 1. The van der Waals surface area contributed by atoms with Crippen molar-refractivity contribution in [3.05, 3.63) is 36.5 Å². The number of hydrogen-bond donors (Lipinski definition) is 1. The van der Waals surface area contributed by atoms with Gasteiger partial charge in [0.15, 0.2) is 0 Å². The van der Waals surface area contributed by atoms with Crippen molar-refractivity contribution in [2.45, 2.75) is 25.3 Å². The SMILES string of the molecule is CS(=O)(=O)N1CCCC[C@H]1C(=O)Nc1cnc2ccccc2c1. The summed E-state index contributed by atoms with van der Waals surface area (Å²) in [5.41, 5.74) is 1.42. The first kappa shape index (κ1) is 15.9. The van der Waals surface area contributed by atoms with Crippen LogP contribution in [0.4, 0.5) is 5.69 Å². The van der Waals surface area contributed by atoms with E-state index in [1.807, 2.05) is 30.3 Å². The molecular weight excluding hydrogens is 314 g/mol. The van der Waals surface area contributed by atoms with Crippen LogP contribution in [-0.2, 0) is 14.8 Å². The summed E-state index contributed by atoms with van der Waals surface area (Å²) >= 11 is 0. The van der Waals surface area contributed by atoms with Crippen LogP contribution in [0.3, 0.4) is 0 Å². The number of carbonyl (C=O) groups excluding carboxylic acids is 1. The third kappa shape index (κ3) is 3.51. The quantitative estimate of drug-likeness (QED) is 0.931. The van der Waals surface area contributed by atoms with Crippen molar-refractivity contribution in [2.24, 2.45) is 0 Å². The molecule has 1 aromatic carbocycles. The maximum atomic E-state index is 12.5. The normalized spacial score (nSPS) is 19.6. The Bertz CT molecular complexity index is 835. The van der Waals surface area contributed by atoms with Crippen LogP contribution < -0.4 is 5.32 Å². The molecule has 0 saturated carbocycles. The summed E-state index contributed by atoms with van der Waals surface area (Å²) in [7, 11) is -3.39. The molecule has 1 aliphatic heterocycles. The van der Waals surface area contributed by atoms with E-state index in [0.29, 0.717) is 18.7 Å². The molecule has 1 N–H and O–H groups in total. The van der Waals surface area contributed by atoms with Gasteiger partial charge < -0.3 is 5.32 Å². The second kappa shape index (κ2) is 6.25. The Morgan fingerprint density at radius 1 is 1.30 bits per heavy atom. The monoisotopic (exact) mass is 333 g/mol. The van der Waals surface area contributed by atoms with Crippen LogP contribution in [0.1, 0.15) is 19.3 Å². The minimum absolute atomic E-state index is 0.299. The van der Waals surface area contributed by atoms with Crippen molar-refractivity contribution in [1.82, 2.24) is 9.29 Å². The molecule has 1 amide bonds. The molecule has 0 aliphatic carbocycles. The highest BCUT2D eigenvalue weighted by Crippen LogP contribution is 2.22. The number of nitrogens with zero attached hydrogens (tertiary/aromatic N) is 2. The molecule has 2 heterocycles. The predicted octanol–water partition coefficient (Wildman–Crippen LogP) is 1.99. The molecule has 1 aliphatic rings. The van der Waals surface area contributed by atoms with Gasteiger partial charge in [0.25, 0.3) is 0 Å². The van der Waals surface area contributed by atoms with Crippen LogP contribution in [-0.4, -0.2) is 42.5 Å². The number of carbonyl (C=O) groups is 1. The standard InChI is InChI=1S/C16H19N3O3S/c1-23(21,22)19-9-5-4-8-15(19)16(20)18-13-10-12-6-2-3-7-14(12)17-11-13/h2-3,6-7,10-11,15H,4-5,8-9H2,1H3,(H,18,20)/t15-/m0/s1. The van der Waals surface area contributed by atoms with E-state index in [1.54, 1.807) is 6.20 Å². The largest absolute Gasteiger partial charge is 0.323 e. The summed E-state index contributed by atoms with van der Waals surface area (Å²) in [4.78, 5) is 16.8. The fraction of sp³-hybridized carbons (Fsp3) is 0.375. The summed E-state index contributed by atoms with van der Waals surface area (Å²) in [5.74, 6) is -0.299. The van der Waals surface area contributed by atoms with Crippen LogP contribution in [0.25, 0.3) is 10.9 Å². The molecule has 2 aromatic rings. The Morgan fingerprint density at radius 3 is 2.87 bits per heavy atom. The molecule has 3 rings (SSSR count). The van der Waals surface area contributed by atoms with Gasteiger partial charge >= 0.3 is 0 Å². The molecular formula is C16H19N3O3S. The van der Waals surface area contributed by atoms with E-state index >= 15 is 0 Å². The topological polar surface area (TPSA) is 79.4 Å². The number of amides is 1. The van der Waals surface area contributed by atoms with Gasteiger partial charge in [-0.25, -0.2) is 8.42 Å². The maximum Gasteiger partial charge on any atom is 0.242 e. The Hall–Kier alpha value is -1.99. The third-order valence-corrected chi connectivity index (χ3v) is 5.33. The Morgan fingerprint density at radius 2 is 2.09 bits per heavy atom. The predicted molar refractivity (Wildman–Crippen MR) is 89.6 cm³/mol. The Labute approximate surface area is 135 Å². The minimum atomic E-state index is -3.39. The van der Waals surface area contributed by atoms with E-state index in [0.717, 1.165) is 30.0 Å². The lowest BCUT2D eigenvalue weighted by molar-refractivity contribution is -0.120. The molecule has 23 heavy (non-hydrogen) atoms. The Balaban J connectivity index is 1.81. The van der Waals surface area contributed by atoms with Crippen LogP contribution in [0.5, 0.6) is 0 Å². The molecule has 0 spiro atoms. The second-order valence-electron chi connectivity index (χ2n) is 5.79. The summed E-state index contributed by atoms with van der Waals surface area (Å²) in [6, 6.07) is 8.81. The number of hydrogen-bond acceptors (Lipinski definition) is 4. The fourth-order valence-electron chi connectivity index (χ4n) is 2.93. The molecule has 0 radical (unpaired) electrons. The molecule has 1 saturated heterocycles. The van der Waals surface area contributed by atoms with E-state index in [2.05, 4.69) is 10.3 Å². The first-order valence-electron chi connectivity index (χ1n) is 7.57. The highest BCUT2D eigenvalue weighted by Gasteiger charge is 2.34. The first-order valence-corrected chi connectivity index (χ1v) is 9.42. The first-order chi connectivity index (χ1) is 10.9. The van der Waals surface area contributed by atoms with Gasteiger partial charge in [-0.15, -0.1) is 0 Å². The number of sulfonamides is 1. The van der Waals surface area contributed by atoms with E-state index in [9.17, 15) is 13.2 Å². The number of para-hydroxylation sites is 1. The van der Waals surface area contributed by atoms with Crippen molar-refractivity contribution in [2.75, 3.05) is 18.1 Å². The van der Waals surface area contributed by atoms with E-state index in [-0.39, 0.29) is 5.91 Å². The second-order valence-corrected chi connectivity index (χ2v) is 7.73. The fourth-order valence-corrected chi connectivity index (χ4v) is 4.05. The van der Waals surface area contributed by atoms with Gasteiger partial charge in [0, 0.05) is 11.9 Å². The summed E-state index contributed by atoms with van der Waals surface area (Å²) in [6.07, 6.45) is 4.92. The smallest absolute Gasteiger partial charge is 0.242 e. The molecule has 0 bridgehead atoms. The van der Waals surface area contributed by atoms with E-state index < -0.39 is 16.1 Å². The summed E-state index contributed by atoms with van der Waals surface area (Å²) < 4.78 is 25.0. The Kier molecular flexibility index (Phi) is 4.32. The average Bonchev–Trinajstić information content (AvgIpc) is 2.54. The zero-order valence-electron chi connectivity index (χ0n) is 12.9. The number of benzene rings is 1. The van der Waals surface area contributed by atoms with Crippen molar-refractivity contribution in [1.29, 1.82) is 0 Å². The van der Waals surface area contributed by atoms with Crippen LogP contribution in [0.15, 0.2) is 36.5 Å². The zero-order chi connectivity index (χ0) is 16.4. The molecule has 6 nitrogen and oxygen atoms in total. The zero-order valence-corrected chi connectivity index (χ0v) is 13.7. The lowest BCUT2D eigenvalue weighted by Gasteiger charge is -2.32. The molecule has 1 aromatic heterocycles. The van der Waals surface area contributed by atoms with Gasteiger partial charge in [0.05, 0.1) is 23.7 Å². The van der Waals surface area contributed by atoms with Gasteiger partial charge in [-0.3, -0.25) is 9.78 Å². The van der Waals surface area contributed by atoms with Crippen molar-refractivity contribution in [3.8, 4) is 0 Å². The van der Waals surface area contributed by atoms with Crippen LogP contribution in [0, 0.1) is 0 Å². The van der Waals surface area contributed by atoms with Crippen LogP contribution >= 0.6 is 0 Å². The third-order valence-electron chi connectivity index (χ3n) is 4.04. The van der Waals surface area contributed by atoms with E-state index in [1.165, 1.54) is 4.31 Å². The van der Waals surface area contributed by atoms with E-state index in [4.69, 9.17) is 0 Å². The maximum absolute atomic E-state index is 12.5. The summed E-state index contributed by atoms with van der Waals surface area (Å²) in [6.45, 7) is 0.396. The molecule has 1 atom stereocenters. The number of piperidine rings is 1. The highest BCUT2D eigenvalue weighted by atomic mass is 32.2. The van der Waals surface area contributed by atoms with Crippen LogP contribution in [0.2, 0.25) is 0 Å². The number of rotatable bonds is 3. The number of aromatic nitrogens is 1. The summed E-state index contributed by atoms with van der Waals surface area (Å²) in [5, 5.41) is 3.72. The van der Waals surface area contributed by atoms with Gasteiger partial charge in [-0.2, -0.15) is 4.31 Å². The van der Waals surface area contributed by atoms with Crippen molar-refractivity contribution in [3.63, 3.8) is 0 Å². The van der Waals surface area contributed by atoms with Crippen molar-refractivity contribution >= 4 is 32.5 Å². The van der Waals surface area contributed by atoms with Gasteiger partial charge in [-0.05, 0) is 25.0 Å². The number of nitrogens with one attached hydrogen (secondary N) is 1. The molecule has 1 fully saturated rings. The highest BCUT2D eigenvalue weighted by molar-refractivity contribution is 7.88. The molecule has 7 heteroatoms. The van der Waals surface area contributed by atoms with Gasteiger partial charge in [0.1, 0.15) is 6.04 Å².